The van der Waals surface area contributed by atoms with Crippen molar-refractivity contribution < 1.29 is 0 Å². The van der Waals surface area contributed by atoms with Crippen molar-refractivity contribution in [1.29, 1.82) is 0 Å². The second kappa shape index (κ2) is 6.39. The molecular formula is C18H30N2S. The summed E-state index contributed by atoms with van der Waals surface area (Å²) in [6.07, 6.45) is 6.62. The van der Waals surface area contributed by atoms with Crippen molar-refractivity contribution in [2.24, 2.45) is 5.92 Å². The van der Waals surface area contributed by atoms with E-state index in [0.29, 0.717) is 11.6 Å². The molecule has 1 aromatic heterocycles. The third kappa shape index (κ3) is 3.35. The van der Waals surface area contributed by atoms with Gasteiger partial charge in [-0.25, -0.2) is 0 Å². The topological polar surface area (TPSA) is 15.3 Å². The number of hydrogen-bond donors (Lipinski definition) is 1. The Morgan fingerprint density at radius 1 is 1.29 bits per heavy atom. The molecule has 3 heteroatoms. The zero-order valence-electron chi connectivity index (χ0n) is 13.8. The lowest BCUT2D eigenvalue weighted by Gasteiger charge is -2.48. The van der Waals surface area contributed by atoms with Crippen molar-refractivity contribution in [3.8, 4) is 0 Å². The highest BCUT2D eigenvalue weighted by molar-refractivity contribution is 7.11. The molecule has 1 aliphatic carbocycles. The molecule has 0 amide bonds. The fourth-order valence-corrected chi connectivity index (χ4v) is 4.76. The van der Waals surface area contributed by atoms with Gasteiger partial charge in [-0.15, -0.1) is 11.3 Å². The van der Waals surface area contributed by atoms with Crippen LogP contribution in [0.15, 0.2) is 12.1 Å². The molecule has 1 saturated heterocycles. The molecule has 2 atom stereocenters. The van der Waals surface area contributed by atoms with Crippen LogP contribution in [0.4, 0.5) is 0 Å². The number of thiophene rings is 1. The third-order valence-corrected chi connectivity index (χ3v) is 6.63. The van der Waals surface area contributed by atoms with Crippen LogP contribution in [0, 0.1) is 5.92 Å². The molecule has 1 aromatic rings. The molecule has 0 spiro atoms. The minimum Gasteiger partial charge on any atom is -0.311 e. The second-order valence-corrected chi connectivity index (χ2v) is 8.35. The Morgan fingerprint density at radius 2 is 2.05 bits per heavy atom. The smallest absolute Gasteiger partial charge is 0.0338 e. The Morgan fingerprint density at radius 3 is 2.67 bits per heavy atom. The average molecular weight is 307 g/mol. The Labute approximate surface area is 133 Å². The summed E-state index contributed by atoms with van der Waals surface area (Å²) in [7, 11) is 0. The van der Waals surface area contributed by atoms with E-state index in [9.17, 15) is 0 Å². The Hall–Kier alpha value is -0.380. The normalized spacial score (nSPS) is 30.7. The molecule has 0 aromatic carbocycles. The molecule has 0 radical (unpaired) electrons. The van der Waals surface area contributed by atoms with E-state index in [1.165, 1.54) is 50.1 Å². The van der Waals surface area contributed by atoms with Gasteiger partial charge < -0.3 is 5.32 Å². The first-order chi connectivity index (χ1) is 10.2. The van der Waals surface area contributed by atoms with Crippen LogP contribution in [-0.4, -0.2) is 29.6 Å². The standard InChI is InChI=1S/C18H30N2S/c1-4-6-15-11-20(12-17-10-9-16(5-2)21-17)18(3,13-19-15)14-7-8-14/h9-10,14-15,19H,4-8,11-13H2,1-3H3. The van der Waals surface area contributed by atoms with E-state index in [-0.39, 0.29) is 0 Å². The highest BCUT2D eigenvalue weighted by Crippen LogP contribution is 2.44. The Balaban J connectivity index is 1.72. The molecule has 2 unspecified atom stereocenters. The van der Waals surface area contributed by atoms with Crippen molar-refractivity contribution >= 4 is 11.3 Å². The van der Waals surface area contributed by atoms with Gasteiger partial charge in [-0.05, 0) is 50.7 Å². The lowest BCUT2D eigenvalue weighted by Crippen LogP contribution is -2.63. The van der Waals surface area contributed by atoms with Gasteiger partial charge in [0.15, 0.2) is 0 Å². The molecule has 1 aliphatic heterocycles. The molecule has 2 fully saturated rings. The van der Waals surface area contributed by atoms with Crippen molar-refractivity contribution in [2.75, 3.05) is 13.1 Å². The van der Waals surface area contributed by atoms with E-state index in [2.05, 4.69) is 43.1 Å². The predicted octanol–water partition coefficient (Wildman–Crippen LogP) is 4.05. The van der Waals surface area contributed by atoms with Crippen molar-refractivity contribution in [1.82, 2.24) is 10.2 Å². The fraction of sp³-hybridized carbons (Fsp3) is 0.778. The zero-order valence-corrected chi connectivity index (χ0v) is 14.6. The highest BCUT2D eigenvalue weighted by Gasteiger charge is 2.48. The number of aryl methyl sites for hydroxylation is 1. The van der Waals surface area contributed by atoms with Gasteiger partial charge in [-0.3, -0.25) is 4.90 Å². The molecule has 2 nitrogen and oxygen atoms in total. The van der Waals surface area contributed by atoms with E-state index in [4.69, 9.17) is 0 Å². The van der Waals surface area contributed by atoms with Gasteiger partial charge in [0.05, 0.1) is 0 Å². The maximum absolute atomic E-state index is 3.83. The van der Waals surface area contributed by atoms with E-state index in [1.807, 2.05) is 11.3 Å². The summed E-state index contributed by atoms with van der Waals surface area (Å²) in [5.41, 5.74) is 0.376. The fourth-order valence-electron chi connectivity index (χ4n) is 3.78. The van der Waals surface area contributed by atoms with Gasteiger partial charge in [0, 0.05) is 41.0 Å². The first kappa shape index (κ1) is 15.5. The van der Waals surface area contributed by atoms with E-state index in [1.54, 1.807) is 4.88 Å². The molecule has 0 bridgehead atoms. The molecule has 21 heavy (non-hydrogen) atoms. The molecule has 2 heterocycles. The monoisotopic (exact) mass is 306 g/mol. The summed E-state index contributed by atoms with van der Waals surface area (Å²) in [6, 6.07) is 5.36. The summed E-state index contributed by atoms with van der Waals surface area (Å²) >= 11 is 2.01. The molecule has 2 aliphatic rings. The van der Waals surface area contributed by atoms with E-state index >= 15 is 0 Å². The van der Waals surface area contributed by atoms with Crippen LogP contribution in [-0.2, 0) is 13.0 Å². The number of rotatable bonds is 6. The van der Waals surface area contributed by atoms with Gasteiger partial charge in [0.1, 0.15) is 0 Å². The Kier molecular flexibility index (Phi) is 4.72. The molecule has 1 saturated carbocycles. The first-order valence-electron chi connectivity index (χ1n) is 8.71. The van der Waals surface area contributed by atoms with E-state index < -0.39 is 0 Å². The Bertz CT molecular complexity index is 466. The van der Waals surface area contributed by atoms with Crippen LogP contribution in [0.25, 0.3) is 0 Å². The predicted molar refractivity (Wildman–Crippen MR) is 91.9 cm³/mol. The van der Waals surface area contributed by atoms with Gasteiger partial charge >= 0.3 is 0 Å². The highest BCUT2D eigenvalue weighted by atomic mass is 32.1. The summed E-state index contributed by atoms with van der Waals surface area (Å²) in [5.74, 6) is 0.915. The van der Waals surface area contributed by atoms with Crippen LogP contribution < -0.4 is 5.32 Å². The third-order valence-electron chi connectivity index (χ3n) is 5.42. The summed E-state index contributed by atoms with van der Waals surface area (Å²) < 4.78 is 0. The molecular weight excluding hydrogens is 276 g/mol. The van der Waals surface area contributed by atoms with Crippen molar-refractivity contribution in [3.63, 3.8) is 0 Å². The maximum atomic E-state index is 3.83. The van der Waals surface area contributed by atoms with Crippen LogP contribution >= 0.6 is 11.3 Å². The van der Waals surface area contributed by atoms with Gasteiger partial charge in [0.25, 0.3) is 0 Å². The number of nitrogens with zero attached hydrogens (tertiary/aromatic N) is 1. The van der Waals surface area contributed by atoms with Crippen molar-refractivity contribution in [2.45, 2.75) is 71.0 Å². The van der Waals surface area contributed by atoms with Crippen LogP contribution in [0.1, 0.15) is 56.2 Å². The summed E-state index contributed by atoms with van der Waals surface area (Å²) in [6.45, 7) is 10.6. The lowest BCUT2D eigenvalue weighted by molar-refractivity contribution is 0.0268. The first-order valence-corrected chi connectivity index (χ1v) is 9.53. The molecule has 3 rings (SSSR count). The number of piperazine rings is 1. The van der Waals surface area contributed by atoms with Crippen molar-refractivity contribution in [3.05, 3.63) is 21.9 Å². The number of nitrogens with one attached hydrogen (secondary N) is 1. The second-order valence-electron chi connectivity index (χ2n) is 7.10. The van der Waals surface area contributed by atoms with Crippen LogP contribution in [0.3, 0.4) is 0 Å². The summed E-state index contributed by atoms with van der Waals surface area (Å²) in [5, 5.41) is 3.83. The lowest BCUT2D eigenvalue weighted by atomic mass is 9.88. The zero-order chi connectivity index (χ0) is 14.9. The van der Waals surface area contributed by atoms with E-state index in [0.717, 1.165) is 12.5 Å². The number of hydrogen-bond acceptors (Lipinski definition) is 3. The van der Waals surface area contributed by atoms with Gasteiger partial charge in [0.2, 0.25) is 0 Å². The minimum atomic E-state index is 0.376. The quantitative estimate of drug-likeness (QED) is 0.853. The van der Waals surface area contributed by atoms with Crippen LogP contribution in [0.5, 0.6) is 0 Å². The minimum absolute atomic E-state index is 0.376. The largest absolute Gasteiger partial charge is 0.311 e. The molecule has 1 N–H and O–H groups in total. The van der Waals surface area contributed by atoms with Gasteiger partial charge in [-0.1, -0.05) is 20.3 Å². The average Bonchev–Trinajstić information content (AvgIpc) is 3.24. The summed E-state index contributed by atoms with van der Waals surface area (Å²) in [4.78, 5) is 5.88. The van der Waals surface area contributed by atoms with Gasteiger partial charge in [-0.2, -0.15) is 0 Å². The molecule has 118 valence electrons. The SMILES string of the molecule is CCCC1CN(Cc2ccc(CC)s2)C(C)(C2CC2)CN1. The maximum Gasteiger partial charge on any atom is 0.0338 e. The van der Waals surface area contributed by atoms with Crippen LogP contribution in [0.2, 0.25) is 0 Å².